The summed E-state index contributed by atoms with van der Waals surface area (Å²) in [6.45, 7) is 0. The van der Waals surface area contributed by atoms with Gasteiger partial charge in [-0.2, -0.15) is 0 Å². The lowest BCUT2D eigenvalue weighted by Gasteiger charge is -2.08. The van der Waals surface area contributed by atoms with Gasteiger partial charge in [0.2, 0.25) is 5.78 Å². The van der Waals surface area contributed by atoms with Crippen molar-refractivity contribution >= 4 is 17.5 Å². The number of carbonyl (C=O) groups is 1. The van der Waals surface area contributed by atoms with Crippen molar-refractivity contribution in [2.75, 3.05) is 19.5 Å². The molecule has 1 aromatic carbocycles. The van der Waals surface area contributed by atoms with Gasteiger partial charge in [-0.15, -0.1) is 0 Å². The van der Waals surface area contributed by atoms with Crippen LogP contribution < -0.4 is 14.8 Å². The smallest absolute Gasteiger partial charge is 0.215 e. The van der Waals surface area contributed by atoms with Crippen LogP contribution in [0.25, 0.3) is 6.08 Å². The quantitative estimate of drug-likeness (QED) is 0.836. The number of rotatable bonds is 3. The Morgan fingerprint density at radius 3 is 2.75 bits per heavy atom. The van der Waals surface area contributed by atoms with Crippen LogP contribution >= 0.6 is 0 Å². The van der Waals surface area contributed by atoms with Crippen molar-refractivity contribution in [3.8, 4) is 11.5 Å². The fourth-order valence-electron chi connectivity index (χ4n) is 2.13. The van der Waals surface area contributed by atoms with Crippen molar-refractivity contribution in [1.29, 1.82) is 0 Å². The molecule has 0 saturated heterocycles. The Kier molecular flexibility index (Phi) is 2.90. The molecule has 0 aliphatic carbocycles. The van der Waals surface area contributed by atoms with Crippen molar-refractivity contribution < 1.29 is 14.3 Å². The van der Waals surface area contributed by atoms with Gasteiger partial charge in [0, 0.05) is 30.6 Å². The lowest BCUT2D eigenvalue weighted by molar-refractivity contribution is 0.104. The summed E-state index contributed by atoms with van der Waals surface area (Å²) in [4.78, 5) is 19.4. The van der Waals surface area contributed by atoms with Crippen LogP contribution in [0.5, 0.6) is 11.5 Å². The van der Waals surface area contributed by atoms with Crippen molar-refractivity contribution in [3.05, 3.63) is 41.6 Å². The number of H-pyrrole nitrogens is 1. The first kappa shape index (κ1) is 12.3. The van der Waals surface area contributed by atoms with Crippen LogP contribution in [-0.2, 0) is 0 Å². The number of methoxy groups -OCH3 is 2. The Balaban J connectivity index is 2.06. The Morgan fingerprint density at radius 2 is 2.10 bits per heavy atom. The molecule has 0 atom stereocenters. The number of ketones is 1. The molecule has 2 aromatic rings. The van der Waals surface area contributed by atoms with Gasteiger partial charge in [0.15, 0.2) is 0 Å². The minimum absolute atomic E-state index is 0.129. The number of aromatic amines is 1. The van der Waals surface area contributed by atoms with E-state index < -0.39 is 0 Å². The van der Waals surface area contributed by atoms with Crippen LogP contribution in [0.1, 0.15) is 16.2 Å². The van der Waals surface area contributed by atoms with Crippen LogP contribution in [0.15, 0.2) is 30.2 Å². The second kappa shape index (κ2) is 4.73. The summed E-state index contributed by atoms with van der Waals surface area (Å²) in [5.74, 6) is 1.59. The minimum Gasteiger partial charge on any atom is -0.497 e. The summed E-state index contributed by atoms with van der Waals surface area (Å²) >= 11 is 0. The first-order chi connectivity index (χ1) is 9.72. The van der Waals surface area contributed by atoms with Gasteiger partial charge in [-0.1, -0.05) is 0 Å². The van der Waals surface area contributed by atoms with Crippen LogP contribution in [0.2, 0.25) is 0 Å². The fourth-order valence-corrected chi connectivity index (χ4v) is 2.13. The minimum atomic E-state index is -0.129. The van der Waals surface area contributed by atoms with E-state index in [1.54, 1.807) is 37.7 Å². The van der Waals surface area contributed by atoms with E-state index in [2.05, 4.69) is 15.3 Å². The van der Waals surface area contributed by atoms with Crippen LogP contribution in [0.3, 0.4) is 0 Å². The van der Waals surface area contributed by atoms with E-state index in [1.165, 1.54) is 7.11 Å². The van der Waals surface area contributed by atoms with Gasteiger partial charge < -0.3 is 19.8 Å². The third kappa shape index (κ3) is 1.91. The predicted molar refractivity (Wildman–Crippen MR) is 74.1 cm³/mol. The van der Waals surface area contributed by atoms with E-state index >= 15 is 0 Å². The van der Waals surface area contributed by atoms with E-state index in [1.807, 2.05) is 0 Å². The highest BCUT2D eigenvalue weighted by atomic mass is 16.5. The van der Waals surface area contributed by atoms with Crippen LogP contribution in [0.4, 0.5) is 5.69 Å². The van der Waals surface area contributed by atoms with E-state index in [9.17, 15) is 4.79 Å². The molecule has 2 N–H and O–H groups in total. The molecule has 0 bridgehead atoms. The molecule has 2 heterocycles. The number of carbonyl (C=O) groups excluding carboxylic acids is 1. The van der Waals surface area contributed by atoms with Crippen molar-refractivity contribution in [2.45, 2.75) is 0 Å². The second-order valence-corrected chi connectivity index (χ2v) is 4.24. The summed E-state index contributed by atoms with van der Waals surface area (Å²) in [6, 6.07) is 3.45. The zero-order valence-corrected chi connectivity index (χ0v) is 11.1. The SMILES string of the molecule is COc1cc2c(c(OC)c1)C(=O)/C(=C/c1ncc[nH]1)N2. The maximum absolute atomic E-state index is 12.4. The molecule has 6 nitrogen and oxygen atoms in total. The van der Waals surface area contributed by atoms with E-state index in [-0.39, 0.29) is 5.78 Å². The molecule has 0 radical (unpaired) electrons. The molecule has 20 heavy (non-hydrogen) atoms. The average Bonchev–Trinajstić information content (AvgIpc) is 3.07. The molecule has 0 unspecified atom stereocenters. The van der Waals surface area contributed by atoms with Gasteiger partial charge in [-0.25, -0.2) is 4.98 Å². The highest BCUT2D eigenvalue weighted by molar-refractivity contribution is 6.22. The van der Waals surface area contributed by atoms with Gasteiger partial charge in [0.05, 0.1) is 31.2 Å². The Bertz CT molecular complexity index is 690. The van der Waals surface area contributed by atoms with Crippen molar-refractivity contribution in [3.63, 3.8) is 0 Å². The Morgan fingerprint density at radius 1 is 1.25 bits per heavy atom. The third-order valence-electron chi connectivity index (χ3n) is 3.07. The molecular formula is C14H13N3O3. The number of ether oxygens (including phenoxy) is 2. The Hall–Kier alpha value is -2.76. The van der Waals surface area contributed by atoms with Gasteiger partial charge in [-0.3, -0.25) is 4.79 Å². The van der Waals surface area contributed by atoms with Gasteiger partial charge >= 0.3 is 0 Å². The lowest BCUT2D eigenvalue weighted by Crippen LogP contribution is -2.01. The monoisotopic (exact) mass is 271 g/mol. The number of aromatic nitrogens is 2. The summed E-state index contributed by atoms with van der Waals surface area (Å²) in [5.41, 5.74) is 1.62. The summed E-state index contributed by atoms with van der Waals surface area (Å²) < 4.78 is 10.5. The standard InChI is InChI=1S/C14H13N3O3/c1-19-8-5-9-13(11(6-8)20-2)14(18)10(17-9)7-12-15-3-4-16-12/h3-7,17H,1-2H3,(H,15,16)/b10-7-. The number of allylic oxidation sites excluding steroid dienone is 1. The largest absolute Gasteiger partial charge is 0.497 e. The number of hydrogen-bond acceptors (Lipinski definition) is 5. The first-order valence-electron chi connectivity index (χ1n) is 6.01. The highest BCUT2D eigenvalue weighted by Crippen LogP contribution is 2.39. The molecule has 0 spiro atoms. The Labute approximate surface area is 115 Å². The molecule has 0 fully saturated rings. The molecule has 1 aromatic heterocycles. The molecule has 102 valence electrons. The van der Waals surface area contributed by atoms with E-state index in [0.717, 1.165) is 0 Å². The van der Waals surface area contributed by atoms with Crippen molar-refractivity contribution in [1.82, 2.24) is 9.97 Å². The zero-order valence-electron chi connectivity index (χ0n) is 11.1. The number of imidazole rings is 1. The molecule has 3 rings (SSSR count). The number of nitrogens with zero attached hydrogens (tertiary/aromatic N) is 1. The molecule has 1 aliphatic heterocycles. The second-order valence-electron chi connectivity index (χ2n) is 4.24. The molecular weight excluding hydrogens is 258 g/mol. The summed E-state index contributed by atoms with van der Waals surface area (Å²) in [5, 5.41) is 3.06. The van der Waals surface area contributed by atoms with E-state index in [0.29, 0.717) is 34.3 Å². The number of benzene rings is 1. The number of fused-ring (bicyclic) bond motifs is 1. The maximum Gasteiger partial charge on any atom is 0.215 e. The lowest BCUT2D eigenvalue weighted by atomic mass is 10.1. The van der Waals surface area contributed by atoms with Gasteiger partial charge in [-0.05, 0) is 0 Å². The maximum atomic E-state index is 12.4. The first-order valence-corrected chi connectivity index (χ1v) is 6.01. The molecule has 1 aliphatic rings. The van der Waals surface area contributed by atoms with Gasteiger partial charge in [0.25, 0.3) is 0 Å². The van der Waals surface area contributed by atoms with Crippen LogP contribution in [0, 0.1) is 0 Å². The summed E-state index contributed by atoms with van der Waals surface area (Å²) in [6.07, 6.45) is 4.99. The molecule has 0 amide bonds. The molecule has 6 heteroatoms. The predicted octanol–water partition coefficient (Wildman–Crippen LogP) is 2.08. The topological polar surface area (TPSA) is 76.2 Å². The normalized spacial score (nSPS) is 15.1. The highest BCUT2D eigenvalue weighted by Gasteiger charge is 2.29. The number of nitrogens with one attached hydrogen (secondary N) is 2. The number of anilines is 1. The van der Waals surface area contributed by atoms with E-state index in [4.69, 9.17) is 9.47 Å². The van der Waals surface area contributed by atoms with Crippen LogP contribution in [-0.4, -0.2) is 30.0 Å². The number of hydrogen-bond donors (Lipinski definition) is 2. The number of Topliss-reactive ketones (excluding diaryl/α,β-unsaturated/α-hetero) is 1. The zero-order chi connectivity index (χ0) is 14.1. The average molecular weight is 271 g/mol. The molecule has 0 saturated carbocycles. The fraction of sp³-hybridized carbons (Fsp3) is 0.143. The van der Waals surface area contributed by atoms with Crippen molar-refractivity contribution in [2.24, 2.45) is 0 Å². The van der Waals surface area contributed by atoms with Gasteiger partial charge in [0.1, 0.15) is 17.3 Å². The summed E-state index contributed by atoms with van der Waals surface area (Å²) in [7, 11) is 3.09. The third-order valence-corrected chi connectivity index (χ3v) is 3.07.